The lowest BCUT2D eigenvalue weighted by Crippen LogP contribution is -2.39. The third-order valence-corrected chi connectivity index (χ3v) is 4.30. The summed E-state index contributed by atoms with van der Waals surface area (Å²) in [6.07, 6.45) is 5.25. The van der Waals surface area contributed by atoms with Crippen molar-refractivity contribution in [2.24, 2.45) is 11.3 Å². The van der Waals surface area contributed by atoms with Crippen LogP contribution in [0.25, 0.3) is 0 Å². The standard InChI is InChI=1S/C18H29NO/c1-14(2)13-20-16-10-6-5-9-15(16)19-17-11-7-8-12-18(17,3)4/h5-6,9-10,14,17,19H,7-8,11-13H2,1-4H3. The van der Waals surface area contributed by atoms with E-state index < -0.39 is 0 Å². The van der Waals surface area contributed by atoms with E-state index >= 15 is 0 Å². The molecule has 0 aliphatic heterocycles. The van der Waals surface area contributed by atoms with E-state index in [4.69, 9.17) is 4.74 Å². The van der Waals surface area contributed by atoms with Crippen molar-refractivity contribution in [2.45, 2.75) is 59.4 Å². The summed E-state index contributed by atoms with van der Waals surface area (Å²) in [6, 6.07) is 8.88. The van der Waals surface area contributed by atoms with Gasteiger partial charge in [0, 0.05) is 6.04 Å². The molecule has 112 valence electrons. The molecule has 0 saturated heterocycles. The van der Waals surface area contributed by atoms with Gasteiger partial charge in [-0.15, -0.1) is 0 Å². The van der Waals surface area contributed by atoms with E-state index in [-0.39, 0.29) is 0 Å². The van der Waals surface area contributed by atoms with Gasteiger partial charge in [0.2, 0.25) is 0 Å². The predicted molar refractivity (Wildman–Crippen MR) is 86.4 cm³/mol. The van der Waals surface area contributed by atoms with Crippen LogP contribution < -0.4 is 10.1 Å². The molecule has 1 aromatic carbocycles. The van der Waals surface area contributed by atoms with Crippen molar-refractivity contribution in [1.82, 2.24) is 0 Å². The van der Waals surface area contributed by atoms with Crippen molar-refractivity contribution in [3.05, 3.63) is 24.3 Å². The molecule has 2 rings (SSSR count). The Morgan fingerprint density at radius 3 is 2.70 bits per heavy atom. The predicted octanol–water partition coefficient (Wildman–Crippen LogP) is 5.10. The number of nitrogens with one attached hydrogen (secondary N) is 1. The third-order valence-electron chi connectivity index (χ3n) is 4.30. The van der Waals surface area contributed by atoms with E-state index in [0.717, 1.165) is 18.0 Å². The Labute approximate surface area is 123 Å². The molecule has 1 aliphatic carbocycles. The Morgan fingerprint density at radius 2 is 2.00 bits per heavy atom. The summed E-state index contributed by atoms with van der Waals surface area (Å²) in [4.78, 5) is 0. The average Bonchev–Trinajstić information content (AvgIpc) is 2.40. The van der Waals surface area contributed by atoms with Gasteiger partial charge in [-0.25, -0.2) is 0 Å². The number of ether oxygens (including phenoxy) is 1. The first-order chi connectivity index (χ1) is 9.49. The largest absolute Gasteiger partial charge is 0.491 e. The maximum atomic E-state index is 5.95. The summed E-state index contributed by atoms with van der Waals surface area (Å²) < 4.78 is 5.95. The molecule has 1 aliphatic rings. The first kappa shape index (κ1) is 15.2. The molecule has 1 unspecified atom stereocenters. The van der Waals surface area contributed by atoms with E-state index in [2.05, 4.69) is 51.2 Å². The first-order valence-electron chi connectivity index (χ1n) is 7.97. The number of anilines is 1. The summed E-state index contributed by atoms with van der Waals surface area (Å²) >= 11 is 0. The molecule has 1 aromatic rings. The molecule has 0 aromatic heterocycles. The second kappa shape index (κ2) is 6.51. The summed E-state index contributed by atoms with van der Waals surface area (Å²) in [5.41, 5.74) is 1.51. The molecule has 2 nitrogen and oxygen atoms in total. The van der Waals surface area contributed by atoms with Crippen molar-refractivity contribution in [1.29, 1.82) is 0 Å². The molecule has 1 atom stereocenters. The van der Waals surface area contributed by atoms with Crippen molar-refractivity contribution < 1.29 is 4.74 Å². The van der Waals surface area contributed by atoms with Crippen LogP contribution in [0.2, 0.25) is 0 Å². The zero-order chi connectivity index (χ0) is 14.6. The highest BCUT2D eigenvalue weighted by molar-refractivity contribution is 5.57. The molecule has 1 N–H and O–H groups in total. The minimum Gasteiger partial charge on any atom is -0.491 e. The molecule has 20 heavy (non-hydrogen) atoms. The molecule has 0 bridgehead atoms. The van der Waals surface area contributed by atoms with Crippen LogP contribution in [0, 0.1) is 11.3 Å². The number of benzene rings is 1. The van der Waals surface area contributed by atoms with Crippen molar-refractivity contribution in [2.75, 3.05) is 11.9 Å². The maximum absolute atomic E-state index is 5.95. The third kappa shape index (κ3) is 3.91. The quantitative estimate of drug-likeness (QED) is 0.807. The van der Waals surface area contributed by atoms with Crippen LogP contribution >= 0.6 is 0 Å². The van der Waals surface area contributed by atoms with Crippen molar-refractivity contribution >= 4 is 5.69 Å². The lowest BCUT2D eigenvalue weighted by atomic mass is 9.73. The highest BCUT2D eigenvalue weighted by Gasteiger charge is 2.32. The van der Waals surface area contributed by atoms with Crippen molar-refractivity contribution in [3.8, 4) is 5.75 Å². The Kier molecular flexibility index (Phi) is 4.95. The van der Waals surface area contributed by atoms with Crippen LogP contribution in [0.5, 0.6) is 5.75 Å². The minimum atomic E-state index is 0.364. The van der Waals surface area contributed by atoms with Gasteiger partial charge in [0.25, 0.3) is 0 Å². The van der Waals surface area contributed by atoms with Gasteiger partial charge < -0.3 is 10.1 Å². The van der Waals surface area contributed by atoms with Crippen molar-refractivity contribution in [3.63, 3.8) is 0 Å². The minimum absolute atomic E-state index is 0.364. The van der Waals surface area contributed by atoms with E-state index in [9.17, 15) is 0 Å². The van der Waals surface area contributed by atoms with Crippen LogP contribution in [-0.2, 0) is 0 Å². The summed E-state index contributed by atoms with van der Waals surface area (Å²) in [5.74, 6) is 1.54. The Morgan fingerprint density at radius 1 is 1.25 bits per heavy atom. The number of para-hydroxylation sites is 2. The lowest BCUT2D eigenvalue weighted by molar-refractivity contribution is 0.216. The van der Waals surface area contributed by atoms with Crippen LogP contribution in [0.15, 0.2) is 24.3 Å². The molecule has 0 heterocycles. The van der Waals surface area contributed by atoms with Gasteiger partial charge >= 0.3 is 0 Å². The Hall–Kier alpha value is -1.18. The SMILES string of the molecule is CC(C)COc1ccccc1NC1CCCCC1(C)C. The second-order valence-corrected chi connectivity index (χ2v) is 7.13. The number of hydrogen-bond acceptors (Lipinski definition) is 2. The summed E-state index contributed by atoms with van der Waals surface area (Å²) in [7, 11) is 0. The van der Waals surface area contributed by atoms with Gasteiger partial charge in [-0.1, -0.05) is 52.7 Å². The average molecular weight is 275 g/mol. The Bertz CT molecular complexity index is 425. The van der Waals surface area contributed by atoms with Gasteiger partial charge in [-0.3, -0.25) is 0 Å². The van der Waals surface area contributed by atoms with Crippen LogP contribution in [0.3, 0.4) is 0 Å². The van der Waals surface area contributed by atoms with E-state index in [1.165, 1.54) is 25.7 Å². The fourth-order valence-electron chi connectivity index (χ4n) is 2.92. The second-order valence-electron chi connectivity index (χ2n) is 7.13. The molecule has 1 fully saturated rings. The zero-order valence-corrected chi connectivity index (χ0v) is 13.4. The topological polar surface area (TPSA) is 21.3 Å². The molecule has 1 saturated carbocycles. The van der Waals surface area contributed by atoms with Gasteiger partial charge in [0.1, 0.15) is 5.75 Å². The van der Waals surface area contributed by atoms with Gasteiger partial charge in [0.15, 0.2) is 0 Å². The zero-order valence-electron chi connectivity index (χ0n) is 13.4. The van der Waals surface area contributed by atoms with Crippen LogP contribution in [0.4, 0.5) is 5.69 Å². The van der Waals surface area contributed by atoms with E-state index in [0.29, 0.717) is 17.4 Å². The smallest absolute Gasteiger partial charge is 0.142 e. The lowest BCUT2D eigenvalue weighted by Gasteiger charge is -2.39. The molecule has 0 spiro atoms. The van der Waals surface area contributed by atoms with E-state index in [1.807, 2.05) is 6.07 Å². The van der Waals surface area contributed by atoms with Crippen LogP contribution in [-0.4, -0.2) is 12.6 Å². The Balaban J connectivity index is 2.08. The fourth-order valence-corrected chi connectivity index (χ4v) is 2.92. The maximum Gasteiger partial charge on any atom is 0.142 e. The van der Waals surface area contributed by atoms with E-state index in [1.54, 1.807) is 0 Å². The van der Waals surface area contributed by atoms with Crippen LogP contribution in [0.1, 0.15) is 53.4 Å². The fraction of sp³-hybridized carbons (Fsp3) is 0.667. The van der Waals surface area contributed by atoms with Gasteiger partial charge in [-0.05, 0) is 36.3 Å². The summed E-state index contributed by atoms with van der Waals surface area (Å²) in [5, 5.41) is 3.74. The molecular weight excluding hydrogens is 246 g/mol. The highest BCUT2D eigenvalue weighted by atomic mass is 16.5. The number of hydrogen-bond donors (Lipinski definition) is 1. The first-order valence-corrected chi connectivity index (χ1v) is 7.97. The van der Waals surface area contributed by atoms with Gasteiger partial charge in [-0.2, -0.15) is 0 Å². The number of rotatable bonds is 5. The molecular formula is C18H29NO. The molecule has 0 amide bonds. The monoisotopic (exact) mass is 275 g/mol. The highest BCUT2D eigenvalue weighted by Crippen LogP contribution is 2.38. The van der Waals surface area contributed by atoms with Gasteiger partial charge in [0.05, 0.1) is 12.3 Å². The molecule has 2 heteroatoms. The molecule has 0 radical (unpaired) electrons. The normalized spacial score (nSPS) is 21.8. The summed E-state index contributed by atoms with van der Waals surface area (Å²) in [6.45, 7) is 9.89.